The molecule has 2 N–H and O–H groups in total. The second-order valence-electron chi connectivity index (χ2n) is 5.88. The minimum absolute atomic E-state index is 0.00937. The fourth-order valence-corrected chi connectivity index (χ4v) is 2.50. The number of nitrogens with one attached hydrogen (secondary N) is 2. The molecule has 2 amide bonds. The molecule has 8 heteroatoms. The van der Waals surface area contributed by atoms with E-state index in [0.29, 0.717) is 29.4 Å². The molecule has 2 aromatic carbocycles. The molecule has 2 rings (SSSR count). The van der Waals surface area contributed by atoms with E-state index in [1.165, 1.54) is 13.3 Å². The SMILES string of the molecule is CCOc1ccc(NC(=O)CCC(=O)NN=Cc2cccc(OC)c2OC)cc1. The van der Waals surface area contributed by atoms with Crippen LogP contribution in [0, 0.1) is 0 Å². The lowest BCUT2D eigenvalue weighted by Gasteiger charge is -2.09. The van der Waals surface area contributed by atoms with Crippen molar-refractivity contribution in [2.45, 2.75) is 19.8 Å². The normalized spacial score (nSPS) is 10.4. The van der Waals surface area contributed by atoms with E-state index >= 15 is 0 Å². The molecule has 0 aliphatic rings. The number of carbonyl (C=O) groups is 2. The first-order chi connectivity index (χ1) is 14.1. The number of para-hydroxylation sites is 1. The predicted octanol–water partition coefficient (Wildman–Crippen LogP) is 2.97. The van der Waals surface area contributed by atoms with Crippen LogP contribution < -0.4 is 25.0 Å². The van der Waals surface area contributed by atoms with Crippen LogP contribution in [-0.2, 0) is 9.59 Å². The lowest BCUT2D eigenvalue weighted by Crippen LogP contribution is -2.20. The molecule has 154 valence electrons. The number of amides is 2. The van der Waals surface area contributed by atoms with Crippen LogP contribution in [0.4, 0.5) is 5.69 Å². The fraction of sp³-hybridized carbons (Fsp3) is 0.286. The lowest BCUT2D eigenvalue weighted by atomic mass is 10.2. The Labute approximate surface area is 169 Å². The Kier molecular flexibility index (Phi) is 8.50. The molecule has 2 aromatic rings. The first-order valence-corrected chi connectivity index (χ1v) is 9.13. The number of rotatable bonds is 10. The quantitative estimate of drug-likeness (QED) is 0.473. The van der Waals surface area contributed by atoms with E-state index in [1.54, 1.807) is 49.6 Å². The molecular weight excluding hydrogens is 374 g/mol. The molecule has 0 spiro atoms. The van der Waals surface area contributed by atoms with Gasteiger partial charge in [0, 0.05) is 24.1 Å². The third-order valence-corrected chi connectivity index (χ3v) is 3.85. The molecule has 0 aliphatic carbocycles. The van der Waals surface area contributed by atoms with Crippen LogP contribution in [0.25, 0.3) is 0 Å². The molecule has 0 aromatic heterocycles. The zero-order chi connectivity index (χ0) is 21.1. The van der Waals surface area contributed by atoms with Gasteiger partial charge in [0.15, 0.2) is 11.5 Å². The largest absolute Gasteiger partial charge is 0.494 e. The minimum atomic E-state index is -0.370. The third-order valence-electron chi connectivity index (χ3n) is 3.85. The van der Waals surface area contributed by atoms with Crippen molar-refractivity contribution in [3.05, 3.63) is 48.0 Å². The number of carbonyl (C=O) groups excluding carboxylic acids is 2. The van der Waals surface area contributed by atoms with Gasteiger partial charge in [-0.3, -0.25) is 9.59 Å². The Morgan fingerprint density at radius 1 is 1.00 bits per heavy atom. The second kappa shape index (κ2) is 11.3. The van der Waals surface area contributed by atoms with Gasteiger partial charge in [-0.2, -0.15) is 5.10 Å². The molecule has 8 nitrogen and oxygen atoms in total. The summed E-state index contributed by atoms with van der Waals surface area (Å²) >= 11 is 0. The van der Waals surface area contributed by atoms with Crippen LogP contribution in [0.5, 0.6) is 17.2 Å². The van der Waals surface area contributed by atoms with E-state index in [0.717, 1.165) is 5.75 Å². The zero-order valence-corrected chi connectivity index (χ0v) is 16.7. The van der Waals surface area contributed by atoms with Gasteiger partial charge in [-0.25, -0.2) is 5.43 Å². The van der Waals surface area contributed by atoms with Crippen LogP contribution in [0.15, 0.2) is 47.6 Å². The Morgan fingerprint density at radius 2 is 1.72 bits per heavy atom. The van der Waals surface area contributed by atoms with Crippen molar-refractivity contribution in [1.29, 1.82) is 0 Å². The highest BCUT2D eigenvalue weighted by atomic mass is 16.5. The van der Waals surface area contributed by atoms with Crippen LogP contribution in [0.3, 0.4) is 0 Å². The average Bonchev–Trinajstić information content (AvgIpc) is 2.73. The minimum Gasteiger partial charge on any atom is -0.494 e. The molecule has 29 heavy (non-hydrogen) atoms. The summed E-state index contributed by atoms with van der Waals surface area (Å²) in [5, 5.41) is 6.64. The molecule has 0 unspecified atom stereocenters. The predicted molar refractivity (Wildman–Crippen MR) is 111 cm³/mol. The number of benzene rings is 2. The Morgan fingerprint density at radius 3 is 2.38 bits per heavy atom. The number of hydrazone groups is 1. The maximum absolute atomic E-state index is 12.0. The Bertz CT molecular complexity index is 850. The van der Waals surface area contributed by atoms with E-state index in [-0.39, 0.29) is 24.7 Å². The number of methoxy groups -OCH3 is 2. The van der Waals surface area contributed by atoms with Crippen molar-refractivity contribution >= 4 is 23.7 Å². The molecule has 0 heterocycles. The maximum atomic E-state index is 12.0. The van der Waals surface area contributed by atoms with Crippen LogP contribution in [0.1, 0.15) is 25.3 Å². The van der Waals surface area contributed by atoms with Crippen LogP contribution >= 0.6 is 0 Å². The van der Waals surface area contributed by atoms with Crippen molar-refractivity contribution in [1.82, 2.24) is 5.43 Å². The first kappa shape index (κ1) is 21.7. The number of ether oxygens (including phenoxy) is 3. The van der Waals surface area contributed by atoms with Gasteiger partial charge in [0.2, 0.25) is 11.8 Å². The Balaban J connectivity index is 1.79. The zero-order valence-electron chi connectivity index (χ0n) is 16.7. The van der Waals surface area contributed by atoms with Gasteiger partial charge in [0.1, 0.15) is 5.75 Å². The van der Waals surface area contributed by atoms with Gasteiger partial charge in [-0.1, -0.05) is 6.07 Å². The third kappa shape index (κ3) is 6.84. The molecule has 0 aliphatic heterocycles. The van der Waals surface area contributed by atoms with Crippen molar-refractivity contribution < 1.29 is 23.8 Å². The first-order valence-electron chi connectivity index (χ1n) is 9.13. The summed E-state index contributed by atoms with van der Waals surface area (Å²) in [6.45, 7) is 2.48. The van der Waals surface area contributed by atoms with Gasteiger partial charge in [0.25, 0.3) is 0 Å². The summed E-state index contributed by atoms with van der Waals surface area (Å²) in [4.78, 5) is 23.9. The highest BCUT2D eigenvalue weighted by molar-refractivity contribution is 5.93. The summed E-state index contributed by atoms with van der Waals surface area (Å²) in [6.07, 6.45) is 1.51. The molecule has 0 atom stereocenters. The van der Waals surface area contributed by atoms with Crippen LogP contribution in [0.2, 0.25) is 0 Å². The topological polar surface area (TPSA) is 98.2 Å². The molecule has 0 radical (unpaired) electrons. The molecule has 0 bridgehead atoms. The van der Waals surface area contributed by atoms with Gasteiger partial charge >= 0.3 is 0 Å². The summed E-state index contributed by atoms with van der Waals surface area (Å²) < 4.78 is 15.9. The Hall–Kier alpha value is -3.55. The standard InChI is InChI=1S/C21H25N3O5/c1-4-29-17-10-8-16(9-11-17)23-19(25)12-13-20(26)24-22-14-15-6-5-7-18(27-2)21(15)28-3/h5-11,14H,4,12-13H2,1-3H3,(H,23,25)(H,24,26). The van der Waals surface area contributed by atoms with E-state index in [2.05, 4.69) is 15.8 Å². The maximum Gasteiger partial charge on any atom is 0.240 e. The highest BCUT2D eigenvalue weighted by Crippen LogP contribution is 2.29. The van der Waals surface area contributed by atoms with E-state index in [4.69, 9.17) is 14.2 Å². The molecule has 0 saturated carbocycles. The number of hydrogen-bond donors (Lipinski definition) is 2. The van der Waals surface area contributed by atoms with Gasteiger partial charge in [0.05, 0.1) is 27.0 Å². The summed E-state index contributed by atoms with van der Waals surface area (Å²) in [7, 11) is 3.07. The monoisotopic (exact) mass is 399 g/mol. The number of hydrogen-bond acceptors (Lipinski definition) is 6. The van der Waals surface area contributed by atoms with Gasteiger partial charge in [-0.05, 0) is 43.3 Å². The smallest absolute Gasteiger partial charge is 0.240 e. The molecule has 0 fully saturated rings. The van der Waals surface area contributed by atoms with Crippen molar-refractivity contribution in [2.75, 3.05) is 26.1 Å². The van der Waals surface area contributed by atoms with Crippen molar-refractivity contribution in [3.8, 4) is 17.2 Å². The average molecular weight is 399 g/mol. The summed E-state index contributed by atoms with van der Waals surface area (Å²) in [5.41, 5.74) is 3.69. The number of anilines is 1. The number of nitrogens with zero attached hydrogens (tertiary/aromatic N) is 1. The lowest BCUT2D eigenvalue weighted by molar-refractivity contribution is -0.124. The highest BCUT2D eigenvalue weighted by Gasteiger charge is 2.09. The van der Waals surface area contributed by atoms with Crippen molar-refractivity contribution in [2.24, 2.45) is 5.10 Å². The summed E-state index contributed by atoms with van der Waals surface area (Å²) in [6, 6.07) is 12.4. The van der Waals surface area contributed by atoms with Gasteiger partial charge < -0.3 is 19.5 Å². The molecule has 0 saturated heterocycles. The summed E-state index contributed by atoms with van der Waals surface area (Å²) in [5.74, 6) is 1.18. The van der Waals surface area contributed by atoms with Gasteiger partial charge in [-0.15, -0.1) is 0 Å². The molecular formula is C21H25N3O5. The van der Waals surface area contributed by atoms with E-state index in [1.807, 2.05) is 6.92 Å². The van der Waals surface area contributed by atoms with Crippen molar-refractivity contribution in [3.63, 3.8) is 0 Å². The fourth-order valence-electron chi connectivity index (χ4n) is 2.50. The van der Waals surface area contributed by atoms with E-state index in [9.17, 15) is 9.59 Å². The van der Waals surface area contributed by atoms with Crippen LogP contribution in [-0.4, -0.2) is 38.9 Å². The second-order valence-corrected chi connectivity index (χ2v) is 5.88. The van der Waals surface area contributed by atoms with E-state index < -0.39 is 0 Å².